The Bertz CT molecular complexity index is 802. The van der Waals surface area contributed by atoms with Crippen molar-refractivity contribution in [1.29, 1.82) is 0 Å². The Balaban J connectivity index is 1.71. The Hall–Kier alpha value is -3.02. The molecule has 2 atom stereocenters. The summed E-state index contributed by atoms with van der Waals surface area (Å²) in [6, 6.07) is 12.4. The third-order valence-electron chi connectivity index (χ3n) is 4.41. The molecule has 0 aliphatic heterocycles. The summed E-state index contributed by atoms with van der Waals surface area (Å²) >= 11 is 0. The molecule has 2 unspecified atom stereocenters. The van der Waals surface area contributed by atoms with Crippen molar-refractivity contribution < 1.29 is 19.1 Å². The summed E-state index contributed by atoms with van der Waals surface area (Å²) in [5.74, 6) is 0.714. The van der Waals surface area contributed by atoms with Crippen molar-refractivity contribution >= 4 is 17.5 Å². The number of ether oxygens (including phenoxy) is 2. The molecular weight excluding hydrogens is 320 g/mol. The van der Waals surface area contributed by atoms with Gasteiger partial charge in [0.15, 0.2) is 0 Å². The maximum Gasteiger partial charge on any atom is 0.248 e. The molecule has 130 valence electrons. The lowest BCUT2D eigenvalue weighted by Crippen LogP contribution is -2.17. The first-order valence-corrected chi connectivity index (χ1v) is 7.96. The largest absolute Gasteiger partial charge is 0.497 e. The highest BCUT2D eigenvalue weighted by Crippen LogP contribution is 2.48. The predicted octanol–water partition coefficient (Wildman–Crippen LogP) is 2.54. The van der Waals surface area contributed by atoms with Gasteiger partial charge in [-0.1, -0.05) is 12.1 Å². The maximum absolute atomic E-state index is 12.5. The number of amides is 2. The van der Waals surface area contributed by atoms with Crippen LogP contribution in [0.5, 0.6) is 11.5 Å². The van der Waals surface area contributed by atoms with Gasteiger partial charge in [-0.3, -0.25) is 9.59 Å². The van der Waals surface area contributed by atoms with E-state index in [1.807, 2.05) is 24.3 Å². The molecule has 6 nitrogen and oxygen atoms in total. The van der Waals surface area contributed by atoms with E-state index in [1.165, 1.54) is 13.2 Å². The van der Waals surface area contributed by atoms with Crippen LogP contribution in [0.25, 0.3) is 0 Å². The monoisotopic (exact) mass is 340 g/mol. The van der Waals surface area contributed by atoms with Crippen molar-refractivity contribution in [3.05, 3.63) is 53.6 Å². The number of nitrogens with one attached hydrogen (secondary N) is 1. The molecule has 1 aliphatic carbocycles. The van der Waals surface area contributed by atoms with Gasteiger partial charge in [-0.05, 0) is 48.2 Å². The predicted molar refractivity (Wildman–Crippen MR) is 94.0 cm³/mol. The third kappa shape index (κ3) is 3.57. The molecule has 0 saturated heterocycles. The molecule has 1 fully saturated rings. The Morgan fingerprint density at radius 3 is 2.40 bits per heavy atom. The Kier molecular flexibility index (Phi) is 4.61. The molecule has 2 aromatic rings. The van der Waals surface area contributed by atoms with Crippen LogP contribution in [0.4, 0.5) is 5.69 Å². The highest BCUT2D eigenvalue weighted by molar-refractivity contribution is 5.99. The van der Waals surface area contributed by atoms with Crippen LogP contribution in [0, 0.1) is 5.92 Å². The van der Waals surface area contributed by atoms with Gasteiger partial charge in [-0.15, -0.1) is 0 Å². The molecule has 0 aromatic heterocycles. The van der Waals surface area contributed by atoms with Gasteiger partial charge in [0, 0.05) is 11.5 Å². The summed E-state index contributed by atoms with van der Waals surface area (Å²) in [6.45, 7) is 0. The molecule has 2 amide bonds. The number of rotatable bonds is 6. The highest BCUT2D eigenvalue weighted by Gasteiger charge is 2.44. The Labute approximate surface area is 145 Å². The minimum absolute atomic E-state index is 0.0965. The molecule has 3 N–H and O–H groups in total. The van der Waals surface area contributed by atoms with Gasteiger partial charge in [0.2, 0.25) is 11.8 Å². The second-order valence-electron chi connectivity index (χ2n) is 5.99. The van der Waals surface area contributed by atoms with Crippen LogP contribution < -0.4 is 20.5 Å². The number of carbonyl (C=O) groups is 2. The van der Waals surface area contributed by atoms with Gasteiger partial charge in [-0.2, -0.15) is 0 Å². The zero-order chi connectivity index (χ0) is 18.0. The van der Waals surface area contributed by atoms with E-state index in [2.05, 4.69) is 5.32 Å². The highest BCUT2D eigenvalue weighted by atomic mass is 16.5. The molecule has 0 spiro atoms. The van der Waals surface area contributed by atoms with E-state index < -0.39 is 5.91 Å². The van der Waals surface area contributed by atoms with Crippen molar-refractivity contribution in [2.24, 2.45) is 11.7 Å². The molecular formula is C19H20N2O4. The average molecular weight is 340 g/mol. The van der Waals surface area contributed by atoms with Gasteiger partial charge in [-0.25, -0.2) is 0 Å². The molecule has 3 rings (SSSR count). The number of hydrogen-bond donors (Lipinski definition) is 2. The minimum Gasteiger partial charge on any atom is -0.497 e. The van der Waals surface area contributed by atoms with E-state index in [9.17, 15) is 9.59 Å². The molecule has 6 heteroatoms. The number of carbonyl (C=O) groups excluding carboxylic acids is 2. The fraction of sp³-hybridized carbons (Fsp3) is 0.263. The second kappa shape index (κ2) is 6.84. The zero-order valence-corrected chi connectivity index (χ0v) is 14.1. The lowest BCUT2D eigenvalue weighted by Gasteiger charge is -2.11. The quantitative estimate of drug-likeness (QED) is 0.845. The first-order valence-electron chi connectivity index (χ1n) is 7.96. The van der Waals surface area contributed by atoms with Gasteiger partial charge in [0.25, 0.3) is 0 Å². The number of methoxy groups -OCH3 is 2. The fourth-order valence-corrected chi connectivity index (χ4v) is 2.89. The SMILES string of the molecule is COc1ccc(C2CC2C(=O)Nc2cc(C(N)=O)ccc2OC)cc1. The molecule has 1 saturated carbocycles. The standard InChI is InChI=1S/C19H20N2O4/c1-24-13-6-3-11(4-7-13)14-10-15(14)19(23)21-16-9-12(18(20)22)5-8-17(16)25-2/h3-9,14-15H,10H2,1-2H3,(H2,20,22)(H,21,23). The van der Waals surface area contributed by atoms with E-state index >= 15 is 0 Å². The van der Waals surface area contributed by atoms with Crippen LogP contribution in [-0.4, -0.2) is 26.0 Å². The van der Waals surface area contributed by atoms with E-state index in [0.717, 1.165) is 17.7 Å². The van der Waals surface area contributed by atoms with Crippen LogP contribution in [0.15, 0.2) is 42.5 Å². The fourth-order valence-electron chi connectivity index (χ4n) is 2.89. The van der Waals surface area contributed by atoms with Gasteiger partial charge >= 0.3 is 0 Å². The number of anilines is 1. The van der Waals surface area contributed by atoms with Gasteiger partial charge in [0.1, 0.15) is 11.5 Å². The smallest absolute Gasteiger partial charge is 0.248 e. The molecule has 1 aliphatic rings. The molecule has 0 radical (unpaired) electrons. The number of hydrogen-bond acceptors (Lipinski definition) is 4. The van der Waals surface area contributed by atoms with Crippen molar-refractivity contribution in [3.63, 3.8) is 0 Å². The van der Waals surface area contributed by atoms with Crippen LogP contribution >= 0.6 is 0 Å². The number of nitrogens with two attached hydrogens (primary N) is 1. The van der Waals surface area contributed by atoms with Crippen molar-refractivity contribution in [2.75, 3.05) is 19.5 Å². The summed E-state index contributed by atoms with van der Waals surface area (Å²) in [7, 11) is 3.13. The summed E-state index contributed by atoms with van der Waals surface area (Å²) in [5, 5.41) is 2.84. The molecule has 0 heterocycles. The van der Waals surface area contributed by atoms with E-state index in [1.54, 1.807) is 19.2 Å². The normalized spacial score (nSPS) is 18.3. The van der Waals surface area contributed by atoms with E-state index in [-0.39, 0.29) is 17.7 Å². The van der Waals surface area contributed by atoms with Crippen molar-refractivity contribution in [2.45, 2.75) is 12.3 Å². The van der Waals surface area contributed by atoms with Crippen LogP contribution in [-0.2, 0) is 4.79 Å². The average Bonchev–Trinajstić information content (AvgIpc) is 3.42. The molecule has 2 aromatic carbocycles. The Morgan fingerprint density at radius 2 is 1.80 bits per heavy atom. The Morgan fingerprint density at radius 1 is 1.08 bits per heavy atom. The van der Waals surface area contributed by atoms with Crippen molar-refractivity contribution in [1.82, 2.24) is 0 Å². The first kappa shape index (κ1) is 16.8. The zero-order valence-electron chi connectivity index (χ0n) is 14.1. The lowest BCUT2D eigenvalue weighted by molar-refractivity contribution is -0.117. The van der Waals surface area contributed by atoms with E-state index in [0.29, 0.717) is 17.0 Å². The molecule has 25 heavy (non-hydrogen) atoms. The van der Waals surface area contributed by atoms with Crippen LogP contribution in [0.2, 0.25) is 0 Å². The number of primary amides is 1. The topological polar surface area (TPSA) is 90.6 Å². The number of benzene rings is 2. The van der Waals surface area contributed by atoms with Gasteiger partial charge < -0.3 is 20.5 Å². The molecule has 0 bridgehead atoms. The summed E-state index contributed by atoms with van der Waals surface area (Å²) in [4.78, 5) is 23.9. The third-order valence-corrected chi connectivity index (χ3v) is 4.41. The summed E-state index contributed by atoms with van der Waals surface area (Å²) < 4.78 is 10.4. The second-order valence-corrected chi connectivity index (χ2v) is 5.99. The summed E-state index contributed by atoms with van der Waals surface area (Å²) in [5.41, 5.74) is 7.17. The van der Waals surface area contributed by atoms with Gasteiger partial charge in [0.05, 0.1) is 19.9 Å². The lowest BCUT2D eigenvalue weighted by atomic mass is 10.1. The van der Waals surface area contributed by atoms with Crippen LogP contribution in [0.1, 0.15) is 28.3 Å². The minimum atomic E-state index is -0.555. The van der Waals surface area contributed by atoms with Crippen molar-refractivity contribution in [3.8, 4) is 11.5 Å². The first-order chi connectivity index (χ1) is 12.0. The van der Waals surface area contributed by atoms with Crippen LogP contribution in [0.3, 0.4) is 0 Å². The maximum atomic E-state index is 12.5. The summed E-state index contributed by atoms with van der Waals surface area (Å²) in [6.07, 6.45) is 0.788. The van der Waals surface area contributed by atoms with E-state index in [4.69, 9.17) is 15.2 Å².